The minimum absolute atomic E-state index is 0.0636. The minimum atomic E-state index is 0.0636. The Balaban J connectivity index is 1.96. The van der Waals surface area contributed by atoms with Crippen LogP contribution < -0.4 is 0 Å². The Kier molecular flexibility index (Phi) is 4.08. The van der Waals surface area contributed by atoms with E-state index >= 15 is 0 Å². The van der Waals surface area contributed by atoms with Gasteiger partial charge in [0, 0.05) is 25.4 Å². The van der Waals surface area contributed by atoms with E-state index in [-0.39, 0.29) is 25.1 Å². The Bertz CT molecular complexity index is 350. The number of piperidine rings is 1. The van der Waals surface area contributed by atoms with Gasteiger partial charge in [-0.25, -0.2) is 4.68 Å². The quantitative estimate of drug-likeness (QED) is 0.804. The van der Waals surface area contributed by atoms with Gasteiger partial charge in [0.15, 0.2) is 0 Å². The smallest absolute Gasteiger partial charge is 0.244 e. The molecule has 1 fully saturated rings. The first-order valence-electron chi connectivity index (χ1n) is 6.05. The van der Waals surface area contributed by atoms with E-state index in [0.29, 0.717) is 6.42 Å². The average molecular weight is 238 g/mol. The van der Waals surface area contributed by atoms with E-state index in [0.717, 1.165) is 25.8 Å². The van der Waals surface area contributed by atoms with Crippen LogP contribution in [0.3, 0.4) is 0 Å². The molecule has 0 saturated carbocycles. The van der Waals surface area contributed by atoms with E-state index in [9.17, 15) is 4.79 Å². The highest BCUT2D eigenvalue weighted by Gasteiger charge is 2.26. The van der Waals surface area contributed by atoms with Gasteiger partial charge in [0.2, 0.25) is 5.91 Å². The third-order valence-electron chi connectivity index (χ3n) is 3.18. The zero-order valence-corrected chi connectivity index (χ0v) is 9.83. The van der Waals surface area contributed by atoms with Crippen molar-refractivity contribution in [2.24, 2.45) is 0 Å². The number of hydrogen-bond donors (Lipinski definition) is 1. The Hall–Kier alpha value is -1.43. The van der Waals surface area contributed by atoms with Gasteiger partial charge in [-0.1, -0.05) is 5.21 Å². The molecule has 94 valence electrons. The van der Waals surface area contributed by atoms with Crippen LogP contribution in [0.1, 0.15) is 25.7 Å². The number of carbonyl (C=O) groups excluding carboxylic acids is 1. The zero-order chi connectivity index (χ0) is 12.1. The molecule has 0 radical (unpaired) electrons. The molecule has 0 spiro atoms. The molecule has 1 amide bonds. The van der Waals surface area contributed by atoms with Crippen molar-refractivity contribution in [3.63, 3.8) is 0 Å². The molecule has 1 aromatic rings. The van der Waals surface area contributed by atoms with Gasteiger partial charge in [0.1, 0.15) is 6.54 Å². The van der Waals surface area contributed by atoms with E-state index in [1.807, 2.05) is 4.90 Å². The first-order chi connectivity index (χ1) is 8.31. The molecule has 1 aliphatic heterocycles. The predicted octanol–water partition coefficient (Wildman–Crippen LogP) is 0.0416. The van der Waals surface area contributed by atoms with Gasteiger partial charge in [0.05, 0.1) is 6.20 Å². The van der Waals surface area contributed by atoms with E-state index in [2.05, 4.69) is 10.3 Å². The van der Waals surface area contributed by atoms with Gasteiger partial charge >= 0.3 is 0 Å². The molecular formula is C11H18N4O2. The maximum atomic E-state index is 12.1. The Labute approximate surface area is 100 Å². The first kappa shape index (κ1) is 12.0. The van der Waals surface area contributed by atoms with Crippen molar-refractivity contribution in [3.05, 3.63) is 12.4 Å². The normalized spacial score (nSPS) is 20.5. The second-order valence-electron chi connectivity index (χ2n) is 4.35. The van der Waals surface area contributed by atoms with Crippen molar-refractivity contribution < 1.29 is 9.90 Å². The Morgan fingerprint density at radius 2 is 2.35 bits per heavy atom. The molecule has 0 aromatic carbocycles. The lowest BCUT2D eigenvalue weighted by molar-refractivity contribution is -0.136. The lowest BCUT2D eigenvalue weighted by Crippen LogP contribution is -2.45. The van der Waals surface area contributed by atoms with Crippen molar-refractivity contribution in [1.29, 1.82) is 0 Å². The lowest BCUT2D eigenvalue weighted by atomic mass is 9.99. The molecule has 1 aromatic heterocycles. The highest BCUT2D eigenvalue weighted by molar-refractivity contribution is 5.76. The molecule has 6 heteroatoms. The fraction of sp³-hybridized carbons (Fsp3) is 0.727. The minimum Gasteiger partial charge on any atom is -0.396 e. The van der Waals surface area contributed by atoms with Crippen LogP contribution >= 0.6 is 0 Å². The van der Waals surface area contributed by atoms with Crippen molar-refractivity contribution >= 4 is 5.91 Å². The molecule has 1 atom stereocenters. The molecule has 17 heavy (non-hydrogen) atoms. The van der Waals surface area contributed by atoms with Crippen molar-refractivity contribution in [1.82, 2.24) is 19.9 Å². The first-order valence-corrected chi connectivity index (χ1v) is 6.05. The van der Waals surface area contributed by atoms with Crippen LogP contribution in [0.4, 0.5) is 0 Å². The molecule has 6 nitrogen and oxygen atoms in total. The molecule has 1 saturated heterocycles. The topological polar surface area (TPSA) is 71.2 Å². The third-order valence-corrected chi connectivity index (χ3v) is 3.18. The van der Waals surface area contributed by atoms with Crippen LogP contribution in [0.5, 0.6) is 0 Å². The van der Waals surface area contributed by atoms with Crippen LogP contribution in [0, 0.1) is 0 Å². The molecule has 0 bridgehead atoms. The van der Waals surface area contributed by atoms with Crippen LogP contribution in [-0.4, -0.2) is 50.1 Å². The van der Waals surface area contributed by atoms with E-state index < -0.39 is 0 Å². The SMILES string of the molecule is O=C(Cn1ccnn1)N1CCCCC1CCO. The fourth-order valence-corrected chi connectivity index (χ4v) is 2.32. The lowest BCUT2D eigenvalue weighted by Gasteiger charge is -2.35. The third kappa shape index (κ3) is 3.03. The van der Waals surface area contributed by atoms with E-state index in [4.69, 9.17) is 5.11 Å². The number of rotatable bonds is 4. The van der Waals surface area contributed by atoms with Crippen molar-refractivity contribution in [2.75, 3.05) is 13.2 Å². The summed E-state index contributed by atoms with van der Waals surface area (Å²) in [7, 11) is 0. The Morgan fingerprint density at radius 3 is 3.06 bits per heavy atom. The summed E-state index contributed by atoms with van der Waals surface area (Å²) in [5.74, 6) is 0.0636. The van der Waals surface area contributed by atoms with Gasteiger partial charge in [-0.2, -0.15) is 0 Å². The number of aromatic nitrogens is 3. The summed E-state index contributed by atoms with van der Waals surface area (Å²) < 4.78 is 1.53. The zero-order valence-electron chi connectivity index (χ0n) is 9.83. The molecule has 2 rings (SSSR count). The summed E-state index contributed by atoms with van der Waals surface area (Å²) in [6, 6.07) is 0.185. The average Bonchev–Trinajstić information content (AvgIpc) is 2.83. The molecule has 1 N–H and O–H groups in total. The van der Waals surface area contributed by atoms with Gasteiger partial charge in [0.25, 0.3) is 0 Å². The number of amides is 1. The summed E-state index contributed by atoms with van der Waals surface area (Å²) in [4.78, 5) is 14.0. The summed E-state index contributed by atoms with van der Waals surface area (Å²) >= 11 is 0. The van der Waals surface area contributed by atoms with E-state index in [1.54, 1.807) is 12.4 Å². The summed E-state index contributed by atoms with van der Waals surface area (Å²) in [5, 5.41) is 16.5. The number of nitrogens with zero attached hydrogens (tertiary/aromatic N) is 4. The molecule has 0 aliphatic carbocycles. The number of carbonyl (C=O) groups is 1. The number of aliphatic hydroxyl groups is 1. The number of aliphatic hydroxyl groups excluding tert-OH is 1. The van der Waals surface area contributed by atoms with Crippen molar-refractivity contribution in [2.45, 2.75) is 38.3 Å². The van der Waals surface area contributed by atoms with Crippen LogP contribution in [0.15, 0.2) is 12.4 Å². The highest BCUT2D eigenvalue weighted by Crippen LogP contribution is 2.19. The number of likely N-dealkylation sites (tertiary alicyclic amines) is 1. The second-order valence-corrected chi connectivity index (χ2v) is 4.35. The van der Waals surface area contributed by atoms with Crippen LogP contribution in [0.2, 0.25) is 0 Å². The van der Waals surface area contributed by atoms with Crippen LogP contribution in [0.25, 0.3) is 0 Å². The Morgan fingerprint density at radius 1 is 1.47 bits per heavy atom. The maximum absolute atomic E-state index is 12.1. The second kappa shape index (κ2) is 5.77. The molecule has 2 heterocycles. The standard InChI is InChI=1S/C11H18N4O2/c16-8-4-10-3-1-2-6-15(10)11(17)9-14-7-5-12-13-14/h5,7,10,16H,1-4,6,8-9H2. The monoisotopic (exact) mass is 238 g/mol. The van der Waals surface area contributed by atoms with Crippen LogP contribution in [-0.2, 0) is 11.3 Å². The van der Waals surface area contributed by atoms with Gasteiger partial charge in [-0.15, -0.1) is 5.10 Å². The van der Waals surface area contributed by atoms with Crippen molar-refractivity contribution in [3.8, 4) is 0 Å². The largest absolute Gasteiger partial charge is 0.396 e. The molecular weight excluding hydrogens is 220 g/mol. The van der Waals surface area contributed by atoms with Gasteiger partial charge < -0.3 is 10.0 Å². The fourth-order valence-electron chi connectivity index (χ4n) is 2.32. The van der Waals surface area contributed by atoms with Gasteiger partial charge in [-0.3, -0.25) is 4.79 Å². The summed E-state index contributed by atoms with van der Waals surface area (Å²) in [6.07, 6.45) is 7.09. The molecule has 1 unspecified atom stereocenters. The highest BCUT2D eigenvalue weighted by atomic mass is 16.3. The summed E-state index contributed by atoms with van der Waals surface area (Å²) in [5.41, 5.74) is 0. The predicted molar refractivity (Wildman–Crippen MR) is 61.1 cm³/mol. The number of hydrogen-bond acceptors (Lipinski definition) is 4. The van der Waals surface area contributed by atoms with Gasteiger partial charge in [-0.05, 0) is 25.7 Å². The van der Waals surface area contributed by atoms with E-state index in [1.165, 1.54) is 4.68 Å². The maximum Gasteiger partial charge on any atom is 0.244 e. The summed E-state index contributed by atoms with van der Waals surface area (Å²) in [6.45, 7) is 1.16. The molecule has 1 aliphatic rings.